The number of guanidine groups is 1. The van der Waals surface area contributed by atoms with Crippen molar-refractivity contribution in [2.75, 3.05) is 53.7 Å². The van der Waals surface area contributed by atoms with Crippen LogP contribution in [-0.2, 0) is 11.3 Å². The maximum atomic E-state index is 5.42. The summed E-state index contributed by atoms with van der Waals surface area (Å²) in [5, 5.41) is 6.83. The summed E-state index contributed by atoms with van der Waals surface area (Å²) in [6.07, 6.45) is 2.44. The normalized spacial score (nSPS) is 18.2. The van der Waals surface area contributed by atoms with Crippen molar-refractivity contribution in [3.63, 3.8) is 0 Å². The molecule has 1 aromatic rings. The first-order valence-electron chi connectivity index (χ1n) is 9.33. The summed E-state index contributed by atoms with van der Waals surface area (Å²) in [7, 11) is 3.57. The number of piperidine rings is 1. The first-order chi connectivity index (χ1) is 12.8. The minimum atomic E-state index is 0.305. The van der Waals surface area contributed by atoms with E-state index in [2.05, 4.69) is 20.5 Å². The smallest absolute Gasteiger partial charge is 0.231 e. The largest absolute Gasteiger partial charge is 0.454 e. The topological polar surface area (TPSA) is 67.4 Å². The van der Waals surface area contributed by atoms with E-state index < -0.39 is 0 Å². The molecule has 2 heterocycles. The molecule has 0 spiro atoms. The molecular weight excluding hydrogens is 332 g/mol. The van der Waals surface area contributed by atoms with E-state index in [1.54, 1.807) is 7.11 Å². The average Bonchev–Trinajstić information content (AvgIpc) is 3.15. The van der Waals surface area contributed by atoms with E-state index in [0.717, 1.165) is 55.8 Å². The van der Waals surface area contributed by atoms with Crippen LogP contribution in [0.15, 0.2) is 23.2 Å². The van der Waals surface area contributed by atoms with Gasteiger partial charge in [0.25, 0.3) is 0 Å². The number of nitrogens with one attached hydrogen (secondary N) is 2. The molecule has 1 aromatic carbocycles. The second-order valence-electron chi connectivity index (χ2n) is 6.77. The molecule has 144 valence electrons. The third-order valence-corrected chi connectivity index (χ3v) is 5.00. The lowest BCUT2D eigenvalue weighted by atomic mass is 9.97. The van der Waals surface area contributed by atoms with Crippen molar-refractivity contribution in [1.29, 1.82) is 0 Å². The van der Waals surface area contributed by atoms with Gasteiger partial charge < -0.3 is 29.7 Å². The van der Waals surface area contributed by atoms with Gasteiger partial charge in [0.1, 0.15) is 0 Å². The summed E-state index contributed by atoms with van der Waals surface area (Å²) in [6, 6.07) is 6.01. The molecule has 26 heavy (non-hydrogen) atoms. The van der Waals surface area contributed by atoms with Crippen LogP contribution in [0.4, 0.5) is 0 Å². The third-order valence-electron chi connectivity index (χ3n) is 5.00. The molecule has 0 bridgehead atoms. The van der Waals surface area contributed by atoms with Crippen molar-refractivity contribution in [1.82, 2.24) is 15.5 Å². The molecule has 3 rings (SSSR count). The minimum absolute atomic E-state index is 0.305. The van der Waals surface area contributed by atoms with Crippen LogP contribution in [0.5, 0.6) is 11.5 Å². The number of hydrogen-bond donors (Lipinski definition) is 2. The van der Waals surface area contributed by atoms with Gasteiger partial charge in [-0.1, -0.05) is 6.07 Å². The van der Waals surface area contributed by atoms with E-state index in [-0.39, 0.29) is 0 Å². The van der Waals surface area contributed by atoms with Crippen molar-refractivity contribution in [3.05, 3.63) is 23.8 Å². The fourth-order valence-corrected chi connectivity index (χ4v) is 3.33. The predicted molar refractivity (Wildman–Crippen MR) is 102 cm³/mol. The molecule has 1 saturated heterocycles. The number of aliphatic imine (C=N–C) groups is 1. The molecule has 7 nitrogen and oxygen atoms in total. The van der Waals surface area contributed by atoms with Crippen molar-refractivity contribution in [2.24, 2.45) is 10.9 Å². The minimum Gasteiger partial charge on any atom is -0.454 e. The molecule has 2 aliphatic rings. The van der Waals surface area contributed by atoms with Crippen molar-refractivity contribution < 1.29 is 14.2 Å². The number of fused-ring (bicyclic) bond motifs is 1. The number of likely N-dealkylation sites (tertiary alicyclic amines) is 1. The van der Waals surface area contributed by atoms with E-state index in [1.807, 2.05) is 25.2 Å². The quantitative estimate of drug-likeness (QED) is 0.565. The molecule has 0 unspecified atom stereocenters. The summed E-state index contributed by atoms with van der Waals surface area (Å²) in [5.74, 6) is 3.16. The van der Waals surface area contributed by atoms with E-state index in [1.165, 1.54) is 12.8 Å². The first-order valence-corrected chi connectivity index (χ1v) is 9.33. The fourth-order valence-electron chi connectivity index (χ4n) is 3.33. The maximum absolute atomic E-state index is 5.42. The van der Waals surface area contributed by atoms with Gasteiger partial charge in [0.15, 0.2) is 17.5 Å². The zero-order chi connectivity index (χ0) is 18.2. The molecule has 0 amide bonds. The first kappa shape index (κ1) is 18.8. The molecular formula is C19H30N4O3. The number of rotatable bonds is 7. The zero-order valence-corrected chi connectivity index (χ0v) is 15.8. The molecule has 2 aliphatic heterocycles. The summed E-state index contributed by atoms with van der Waals surface area (Å²) in [6.45, 7) is 6.12. The van der Waals surface area contributed by atoms with Crippen LogP contribution >= 0.6 is 0 Å². The molecule has 0 saturated carbocycles. The van der Waals surface area contributed by atoms with Crippen LogP contribution in [0.1, 0.15) is 18.4 Å². The lowest BCUT2D eigenvalue weighted by Gasteiger charge is -2.32. The SMILES string of the molecule is CN=C(NCc1ccc2c(c1)OCO2)NCC1CCN(CCOC)CC1. The van der Waals surface area contributed by atoms with Crippen LogP contribution in [0, 0.1) is 5.92 Å². The van der Waals surface area contributed by atoms with Gasteiger partial charge in [0.05, 0.1) is 6.61 Å². The molecule has 1 fully saturated rings. The van der Waals surface area contributed by atoms with E-state index in [0.29, 0.717) is 19.3 Å². The van der Waals surface area contributed by atoms with Gasteiger partial charge in [-0.15, -0.1) is 0 Å². The van der Waals surface area contributed by atoms with Crippen LogP contribution in [0.3, 0.4) is 0 Å². The Morgan fingerprint density at radius 1 is 1.23 bits per heavy atom. The van der Waals surface area contributed by atoms with Gasteiger partial charge in [-0.05, 0) is 49.5 Å². The second kappa shape index (κ2) is 9.64. The Labute approximate surface area is 155 Å². The second-order valence-corrected chi connectivity index (χ2v) is 6.77. The Balaban J connectivity index is 1.37. The maximum Gasteiger partial charge on any atom is 0.231 e. The highest BCUT2D eigenvalue weighted by Crippen LogP contribution is 2.32. The van der Waals surface area contributed by atoms with Gasteiger partial charge in [0, 0.05) is 33.8 Å². The van der Waals surface area contributed by atoms with Gasteiger partial charge >= 0.3 is 0 Å². The molecule has 0 aromatic heterocycles. The van der Waals surface area contributed by atoms with E-state index in [9.17, 15) is 0 Å². The molecule has 0 atom stereocenters. The zero-order valence-electron chi connectivity index (χ0n) is 15.8. The Morgan fingerprint density at radius 3 is 2.81 bits per heavy atom. The van der Waals surface area contributed by atoms with Gasteiger partial charge in [-0.2, -0.15) is 0 Å². The van der Waals surface area contributed by atoms with Crippen LogP contribution in [0.2, 0.25) is 0 Å². The lowest BCUT2D eigenvalue weighted by Crippen LogP contribution is -2.43. The number of nitrogens with zero attached hydrogens (tertiary/aromatic N) is 2. The number of benzene rings is 1. The highest BCUT2D eigenvalue weighted by atomic mass is 16.7. The van der Waals surface area contributed by atoms with Gasteiger partial charge in [0.2, 0.25) is 6.79 Å². The van der Waals surface area contributed by atoms with Crippen LogP contribution < -0.4 is 20.1 Å². The number of ether oxygens (including phenoxy) is 3. The highest BCUT2D eigenvalue weighted by molar-refractivity contribution is 5.79. The molecule has 7 heteroatoms. The number of hydrogen-bond acceptors (Lipinski definition) is 5. The standard InChI is InChI=1S/C19H30N4O3/c1-20-19(21-12-15-5-7-23(8-6-15)9-10-24-2)22-13-16-3-4-17-18(11-16)26-14-25-17/h3-4,11,15H,5-10,12-14H2,1-2H3,(H2,20,21,22). The Hall–Kier alpha value is -1.99. The predicted octanol–water partition coefficient (Wildman–Crippen LogP) is 1.44. The summed E-state index contributed by atoms with van der Waals surface area (Å²) < 4.78 is 15.9. The Bertz CT molecular complexity index is 600. The lowest BCUT2D eigenvalue weighted by molar-refractivity contribution is 0.121. The van der Waals surface area contributed by atoms with Crippen molar-refractivity contribution in [2.45, 2.75) is 19.4 Å². The summed E-state index contributed by atoms with van der Waals surface area (Å²) >= 11 is 0. The van der Waals surface area contributed by atoms with Crippen LogP contribution in [-0.4, -0.2) is 64.6 Å². The van der Waals surface area contributed by atoms with Gasteiger partial charge in [-0.25, -0.2) is 0 Å². The fraction of sp³-hybridized carbons (Fsp3) is 0.632. The van der Waals surface area contributed by atoms with Gasteiger partial charge in [-0.3, -0.25) is 4.99 Å². The molecule has 2 N–H and O–H groups in total. The Morgan fingerprint density at radius 2 is 2.04 bits per heavy atom. The molecule has 0 radical (unpaired) electrons. The highest BCUT2D eigenvalue weighted by Gasteiger charge is 2.19. The monoisotopic (exact) mass is 362 g/mol. The third kappa shape index (κ3) is 5.25. The Kier molecular flexibility index (Phi) is 6.96. The van der Waals surface area contributed by atoms with E-state index in [4.69, 9.17) is 14.2 Å². The van der Waals surface area contributed by atoms with Crippen molar-refractivity contribution >= 4 is 5.96 Å². The summed E-state index contributed by atoms with van der Waals surface area (Å²) in [4.78, 5) is 6.81. The van der Waals surface area contributed by atoms with E-state index >= 15 is 0 Å². The summed E-state index contributed by atoms with van der Waals surface area (Å²) in [5.41, 5.74) is 1.14. The number of methoxy groups -OCH3 is 1. The van der Waals surface area contributed by atoms with Crippen molar-refractivity contribution in [3.8, 4) is 11.5 Å². The molecule has 0 aliphatic carbocycles. The van der Waals surface area contributed by atoms with Crippen LogP contribution in [0.25, 0.3) is 0 Å². The average molecular weight is 362 g/mol.